The first-order valence-corrected chi connectivity index (χ1v) is 13.5. The Bertz CT molecular complexity index is 1620. The van der Waals surface area contributed by atoms with Crippen LogP contribution in [-0.2, 0) is 9.84 Å². The van der Waals surface area contributed by atoms with Gasteiger partial charge < -0.3 is 10.1 Å². The van der Waals surface area contributed by atoms with Crippen molar-refractivity contribution in [1.82, 2.24) is 10.3 Å². The van der Waals surface area contributed by atoms with Gasteiger partial charge >= 0.3 is 0 Å². The highest BCUT2D eigenvalue weighted by molar-refractivity contribution is 7.91. The lowest BCUT2D eigenvalue weighted by atomic mass is 10.1. The Morgan fingerprint density at radius 1 is 0.897 bits per heavy atom. The first-order chi connectivity index (χ1) is 18.8. The number of imide groups is 1. The van der Waals surface area contributed by atoms with E-state index in [1.54, 1.807) is 48.5 Å². The van der Waals surface area contributed by atoms with Crippen LogP contribution in [0.4, 0.5) is 5.69 Å². The SMILES string of the molecule is COc1ccc(S(=O)(=O)C(CNC(=O)c2ccc(N3C(=O)c4ccccc4C3=O)cc2)c2cccnc2)cc1. The molecule has 1 N–H and O–H groups in total. The summed E-state index contributed by atoms with van der Waals surface area (Å²) in [5.41, 5.74) is 1.64. The topological polar surface area (TPSA) is 123 Å². The molecular weight excluding hydrogens is 518 g/mol. The van der Waals surface area contributed by atoms with E-state index in [1.807, 2.05) is 0 Å². The van der Waals surface area contributed by atoms with Crippen LogP contribution in [0.5, 0.6) is 5.75 Å². The number of rotatable bonds is 8. The Morgan fingerprint density at radius 2 is 1.54 bits per heavy atom. The molecule has 39 heavy (non-hydrogen) atoms. The monoisotopic (exact) mass is 541 g/mol. The van der Waals surface area contributed by atoms with Crippen LogP contribution in [0.15, 0.2) is 102 Å². The molecule has 3 amide bonds. The second kappa shape index (κ2) is 10.5. The number of aromatic nitrogens is 1. The molecule has 1 aliphatic rings. The summed E-state index contributed by atoms with van der Waals surface area (Å²) in [6.07, 6.45) is 2.99. The van der Waals surface area contributed by atoms with Crippen LogP contribution in [0.3, 0.4) is 0 Å². The number of anilines is 1. The predicted octanol–water partition coefficient (Wildman–Crippen LogP) is 3.84. The van der Waals surface area contributed by atoms with Gasteiger partial charge in [0.2, 0.25) is 0 Å². The quantitative estimate of drug-likeness (QED) is 0.336. The lowest BCUT2D eigenvalue weighted by molar-refractivity contribution is 0.0923. The number of carbonyl (C=O) groups excluding carboxylic acids is 3. The molecule has 4 aromatic rings. The minimum Gasteiger partial charge on any atom is -0.497 e. The third-order valence-electron chi connectivity index (χ3n) is 6.45. The van der Waals surface area contributed by atoms with Gasteiger partial charge in [-0.3, -0.25) is 19.4 Å². The zero-order chi connectivity index (χ0) is 27.6. The Labute approximate surface area is 225 Å². The summed E-state index contributed by atoms with van der Waals surface area (Å²) in [5, 5.41) is 1.60. The van der Waals surface area contributed by atoms with Crippen LogP contribution in [-0.4, -0.2) is 44.8 Å². The van der Waals surface area contributed by atoms with Gasteiger partial charge in [-0.15, -0.1) is 0 Å². The van der Waals surface area contributed by atoms with Gasteiger partial charge in [0.1, 0.15) is 11.0 Å². The average molecular weight is 542 g/mol. The molecule has 0 spiro atoms. The van der Waals surface area contributed by atoms with Crippen molar-refractivity contribution in [2.45, 2.75) is 10.1 Å². The fourth-order valence-corrected chi connectivity index (χ4v) is 6.02. The molecule has 1 atom stereocenters. The van der Waals surface area contributed by atoms with Crippen LogP contribution >= 0.6 is 0 Å². The zero-order valence-corrected chi connectivity index (χ0v) is 21.6. The number of ether oxygens (including phenoxy) is 1. The van der Waals surface area contributed by atoms with Gasteiger partial charge in [0.05, 0.1) is 28.8 Å². The molecule has 10 heteroatoms. The fourth-order valence-electron chi connectivity index (χ4n) is 4.38. The van der Waals surface area contributed by atoms with Crippen molar-refractivity contribution >= 4 is 33.2 Å². The van der Waals surface area contributed by atoms with Crippen molar-refractivity contribution in [3.05, 3.63) is 120 Å². The molecule has 1 unspecified atom stereocenters. The molecule has 0 fully saturated rings. The average Bonchev–Trinajstić information content (AvgIpc) is 3.23. The van der Waals surface area contributed by atoms with E-state index in [4.69, 9.17) is 4.74 Å². The second-order valence-electron chi connectivity index (χ2n) is 8.74. The molecular formula is C29H23N3O6S. The van der Waals surface area contributed by atoms with Crippen LogP contribution in [0.2, 0.25) is 0 Å². The smallest absolute Gasteiger partial charge is 0.266 e. The molecule has 1 aromatic heterocycles. The van der Waals surface area contributed by atoms with E-state index < -0.39 is 32.8 Å². The molecule has 0 bridgehead atoms. The summed E-state index contributed by atoms with van der Waals surface area (Å²) in [7, 11) is -2.42. The molecule has 2 heterocycles. The molecule has 196 valence electrons. The van der Waals surface area contributed by atoms with Gasteiger partial charge in [-0.25, -0.2) is 13.3 Å². The number of sulfone groups is 1. The van der Waals surface area contributed by atoms with Crippen molar-refractivity contribution in [3.8, 4) is 5.75 Å². The molecule has 9 nitrogen and oxygen atoms in total. The first-order valence-electron chi connectivity index (χ1n) is 11.9. The van der Waals surface area contributed by atoms with E-state index in [1.165, 1.54) is 55.9 Å². The normalized spacial score (nSPS) is 13.6. The molecule has 0 aliphatic carbocycles. The van der Waals surface area contributed by atoms with Gasteiger partial charge in [-0.1, -0.05) is 18.2 Å². The van der Waals surface area contributed by atoms with Crippen LogP contribution in [0.1, 0.15) is 41.9 Å². The number of hydrogen-bond donors (Lipinski definition) is 1. The highest BCUT2D eigenvalue weighted by Gasteiger charge is 2.36. The fraction of sp³-hybridized carbons (Fsp3) is 0.103. The van der Waals surface area contributed by atoms with Crippen molar-refractivity contribution in [2.24, 2.45) is 0 Å². The summed E-state index contributed by atoms with van der Waals surface area (Å²) in [6, 6.07) is 21.8. The van der Waals surface area contributed by atoms with E-state index in [2.05, 4.69) is 10.3 Å². The van der Waals surface area contributed by atoms with Gasteiger partial charge in [-0.05, 0) is 72.3 Å². The highest BCUT2D eigenvalue weighted by Crippen LogP contribution is 2.30. The van der Waals surface area contributed by atoms with E-state index >= 15 is 0 Å². The maximum atomic E-state index is 13.5. The summed E-state index contributed by atoms with van der Waals surface area (Å²) in [4.78, 5) is 43.7. The minimum absolute atomic E-state index is 0.0803. The van der Waals surface area contributed by atoms with Crippen molar-refractivity contribution in [1.29, 1.82) is 0 Å². The number of hydrogen-bond acceptors (Lipinski definition) is 7. The Hall–Kier alpha value is -4.83. The second-order valence-corrected chi connectivity index (χ2v) is 10.9. The maximum absolute atomic E-state index is 13.5. The van der Waals surface area contributed by atoms with Gasteiger partial charge in [-0.2, -0.15) is 0 Å². The predicted molar refractivity (Wildman–Crippen MR) is 144 cm³/mol. The molecule has 0 saturated carbocycles. The third kappa shape index (κ3) is 4.89. The molecule has 0 radical (unpaired) electrons. The van der Waals surface area contributed by atoms with Crippen LogP contribution in [0.25, 0.3) is 0 Å². The number of benzene rings is 3. The summed E-state index contributed by atoms with van der Waals surface area (Å²) >= 11 is 0. The third-order valence-corrected chi connectivity index (χ3v) is 8.57. The number of nitrogens with one attached hydrogen (secondary N) is 1. The summed E-state index contributed by atoms with van der Waals surface area (Å²) in [5.74, 6) is -0.862. The Balaban J connectivity index is 1.34. The van der Waals surface area contributed by atoms with Crippen molar-refractivity contribution in [2.75, 3.05) is 18.6 Å². The number of carbonyl (C=O) groups is 3. The lowest BCUT2D eigenvalue weighted by Gasteiger charge is -2.19. The molecule has 5 rings (SSSR count). The van der Waals surface area contributed by atoms with Crippen LogP contribution < -0.4 is 15.0 Å². The number of amides is 3. The summed E-state index contributed by atoms with van der Waals surface area (Å²) in [6.45, 7) is -0.209. The van der Waals surface area contributed by atoms with Gasteiger partial charge in [0, 0.05) is 24.5 Å². The zero-order valence-electron chi connectivity index (χ0n) is 20.8. The number of methoxy groups -OCH3 is 1. The maximum Gasteiger partial charge on any atom is 0.266 e. The largest absolute Gasteiger partial charge is 0.497 e. The number of pyridine rings is 1. The lowest BCUT2D eigenvalue weighted by Crippen LogP contribution is -2.32. The minimum atomic E-state index is -3.91. The van der Waals surface area contributed by atoms with E-state index in [-0.39, 0.29) is 17.0 Å². The van der Waals surface area contributed by atoms with Gasteiger partial charge in [0.15, 0.2) is 9.84 Å². The molecule has 1 aliphatic heterocycles. The highest BCUT2D eigenvalue weighted by atomic mass is 32.2. The summed E-state index contributed by atoms with van der Waals surface area (Å²) < 4.78 is 32.2. The van der Waals surface area contributed by atoms with Crippen molar-refractivity contribution in [3.63, 3.8) is 0 Å². The molecule has 0 saturated heterocycles. The number of nitrogens with zero attached hydrogens (tertiary/aromatic N) is 2. The van der Waals surface area contributed by atoms with Gasteiger partial charge in [0.25, 0.3) is 17.7 Å². The van der Waals surface area contributed by atoms with E-state index in [9.17, 15) is 22.8 Å². The molecule has 3 aromatic carbocycles. The Kier molecular flexibility index (Phi) is 6.95. The van der Waals surface area contributed by atoms with Crippen LogP contribution in [0, 0.1) is 0 Å². The Morgan fingerprint density at radius 3 is 2.10 bits per heavy atom. The van der Waals surface area contributed by atoms with E-state index in [0.29, 0.717) is 28.1 Å². The van der Waals surface area contributed by atoms with Crippen molar-refractivity contribution < 1.29 is 27.5 Å². The number of fused-ring (bicyclic) bond motifs is 1. The first kappa shape index (κ1) is 25.8. The van der Waals surface area contributed by atoms with E-state index in [0.717, 1.165) is 4.90 Å². The standard InChI is InChI=1S/C29H23N3O6S/c1-38-22-12-14-23(15-13-22)39(36,37)26(20-5-4-16-30-17-20)18-31-27(33)19-8-10-21(11-9-19)32-28(34)24-6-2-3-7-25(24)29(32)35/h2-17,26H,18H2,1H3,(H,31,33).